The van der Waals surface area contributed by atoms with E-state index in [4.69, 9.17) is 23.7 Å². The number of carboxylic acids is 1. The van der Waals surface area contributed by atoms with Gasteiger partial charge >= 0.3 is 0 Å². The van der Waals surface area contributed by atoms with E-state index in [0.29, 0.717) is 0 Å². The molecule has 10 unspecified atom stereocenters. The Labute approximate surface area is 194 Å². The maximum absolute atomic E-state index is 11.6. The number of aliphatic carboxylic acids is 1. The molecule has 29 heavy (non-hydrogen) atoms. The first-order valence-electron chi connectivity index (χ1n) is 8.98. The molecule has 1 radical (unpaired) electrons. The zero-order chi connectivity index (χ0) is 21.2. The third kappa shape index (κ3) is 5.93. The van der Waals surface area contributed by atoms with Gasteiger partial charge in [0.2, 0.25) is 5.91 Å². The van der Waals surface area contributed by atoms with Gasteiger partial charge in [0.25, 0.3) is 0 Å². The SMILES string of the molecule is COC1C(OC2C(O)C(C)OC(C)C2NC(C)=O)OC(C(=O)[O-])C(OC)C1O.[Y]. The molecule has 2 rings (SSSR count). The summed E-state index contributed by atoms with van der Waals surface area (Å²) in [7, 11) is 2.51. The van der Waals surface area contributed by atoms with Crippen LogP contribution in [-0.4, -0.2) is 97.5 Å². The minimum absolute atomic E-state index is 0. The number of carbonyl (C=O) groups is 2. The molecule has 11 nitrogen and oxygen atoms in total. The summed E-state index contributed by atoms with van der Waals surface area (Å²) < 4.78 is 27.1. The fraction of sp³-hybridized carbons (Fsp3) is 0.882. The second kappa shape index (κ2) is 11.4. The van der Waals surface area contributed by atoms with Crippen LogP contribution in [0.15, 0.2) is 0 Å². The summed E-state index contributed by atoms with van der Waals surface area (Å²) in [5, 5.41) is 35.1. The zero-order valence-corrected chi connectivity index (χ0v) is 19.8. The molecule has 0 saturated carbocycles. The van der Waals surface area contributed by atoms with Crippen LogP contribution in [0.1, 0.15) is 20.8 Å². The summed E-state index contributed by atoms with van der Waals surface area (Å²) in [5.74, 6) is -1.96. The molecular weight excluding hydrogens is 467 g/mol. The first kappa shape index (κ1) is 26.8. The molecule has 2 fully saturated rings. The molecule has 165 valence electrons. The molecule has 2 aliphatic rings. The zero-order valence-electron chi connectivity index (χ0n) is 17.0. The number of amides is 1. The standard InChI is InChI=1S/C17H29NO10.Y/c1-6-9(18-8(3)19)12(10(20)7(2)26-6)27-17-14(25-5)11(21)13(24-4)15(28-17)16(22)23;/h6-7,9-15,17,20-21H,1-5H3,(H,18,19)(H,22,23);/p-1. The molecule has 0 aromatic rings. The summed E-state index contributed by atoms with van der Waals surface area (Å²) in [4.78, 5) is 23.0. The van der Waals surface area contributed by atoms with E-state index < -0.39 is 67.1 Å². The van der Waals surface area contributed by atoms with E-state index in [-0.39, 0.29) is 38.6 Å². The van der Waals surface area contributed by atoms with Gasteiger partial charge in [-0.25, -0.2) is 0 Å². The molecule has 0 spiro atoms. The second-order valence-corrected chi connectivity index (χ2v) is 7.00. The number of carbonyl (C=O) groups excluding carboxylic acids is 2. The van der Waals surface area contributed by atoms with Crippen molar-refractivity contribution in [3.8, 4) is 0 Å². The quantitative estimate of drug-likeness (QED) is 0.345. The summed E-state index contributed by atoms with van der Waals surface area (Å²) >= 11 is 0. The third-order valence-electron chi connectivity index (χ3n) is 5.06. The number of ether oxygens (including phenoxy) is 5. The van der Waals surface area contributed by atoms with Crippen LogP contribution in [0, 0.1) is 0 Å². The van der Waals surface area contributed by atoms with Crippen molar-refractivity contribution in [3.63, 3.8) is 0 Å². The van der Waals surface area contributed by atoms with Crippen molar-refractivity contribution in [2.75, 3.05) is 14.2 Å². The van der Waals surface area contributed by atoms with Crippen molar-refractivity contribution < 1.29 is 81.3 Å². The Morgan fingerprint density at radius 3 is 2.03 bits per heavy atom. The minimum Gasteiger partial charge on any atom is -0.547 e. The summed E-state index contributed by atoms with van der Waals surface area (Å²) in [6.07, 6.45) is -10.1. The molecule has 0 aromatic carbocycles. The van der Waals surface area contributed by atoms with E-state index in [0.717, 1.165) is 0 Å². The van der Waals surface area contributed by atoms with E-state index in [1.54, 1.807) is 13.8 Å². The van der Waals surface area contributed by atoms with Crippen molar-refractivity contribution >= 4 is 11.9 Å². The van der Waals surface area contributed by atoms with Crippen LogP contribution in [0.4, 0.5) is 0 Å². The van der Waals surface area contributed by atoms with Gasteiger partial charge in [-0.05, 0) is 13.8 Å². The predicted octanol–water partition coefficient (Wildman–Crippen LogP) is -3.09. The summed E-state index contributed by atoms with van der Waals surface area (Å²) in [5.41, 5.74) is 0. The molecule has 0 aliphatic carbocycles. The van der Waals surface area contributed by atoms with Crippen molar-refractivity contribution in [1.29, 1.82) is 0 Å². The Balaban J connectivity index is 0.00000420. The van der Waals surface area contributed by atoms with E-state index in [1.165, 1.54) is 21.1 Å². The number of hydrogen-bond acceptors (Lipinski definition) is 10. The summed E-state index contributed by atoms with van der Waals surface area (Å²) in [6, 6.07) is -0.747. The molecule has 2 heterocycles. The van der Waals surface area contributed by atoms with Gasteiger partial charge in [-0.1, -0.05) is 0 Å². The largest absolute Gasteiger partial charge is 0.547 e. The van der Waals surface area contributed by atoms with Crippen LogP contribution in [0.2, 0.25) is 0 Å². The maximum atomic E-state index is 11.6. The van der Waals surface area contributed by atoms with Crippen molar-refractivity contribution in [2.45, 2.75) is 81.9 Å². The molecule has 0 aromatic heterocycles. The predicted molar refractivity (Wildman–Crippen MR) is 89.8 cm³/mol. The Bertz CT molecular complexity index is 566. The van der Waals surface area contributed by atoms with E-state index in [9.17, 15) is 24.9 Å². The van der Waals surface area contributed by atoms with Gasteiger partial charge in [0.1, 0.15) is 36.6 Å². The molecule has 2 aliphatic heterocycles. The average Bonchev–Trinajstić information content (AvgIpc) is 2.61. The van der Waals surface area contributed by atoms with E-state index >= 15 is 0 Å². The first-order valence-corrected chi connectivity index (χ1v) is 8.98. The topological polar surface area (TPSA) is 156 Å². The molecule has 3 N–H and O–H groups in total. The maximum Gasteiger partial charge on any atom is 0.217 e. The number of carboxylic acid groups (broad SMARTS) is 1. The van der Waals surface area contributed by atoms with Gasteiger partial charge in [-0.15, -0.1) is 0 Å². The molecule has 2 saturated heterocycles. The van der Waals surface area contributed by atoms with Crippen molar-refractivity contribution in [3.05, 3.63) is 0 Å². The molecule has 0 bridgehead atoms. The first-order chi connectivity index (χ1) is 13.1. The summed E-state index contributed by atoms with van der Waals surface area (Å²) in [6.45, 7) is 4.65. The van der Waals surface area contributed by atoms with E-state index in [1.807, 2.05) is 0 Å². The number of nitrogens with one attached hydrogen (secondary N) is 1. The fourth-order valence-corrected chi connectivity index (χ4v) is 3.64. The number of rotatable bonds is 6. The van der Waals surface area contributed by atoms with Gasteiger partial charge in [0.15, 0.2) is 6.29 Å². The average molecular weight is 495 g/mol. The number of hydrogen-bond donors (Lipinski definition) is 3. The monoisotopic (exact) mass is 495 g/mol. The van der Waals surface area contributed by atoms with Gasteiger partial charge in [-0.2, -0.15) is 0 Å². The Kier molecular flexibility index (Phi) is 10.5. The fourth-order valence-electron chi connectivity index (χ4n) is 3.64. The van der Waals surface area contributed by atoms with Gasteiger partial charge in [0, 0.05) is 53.9 Å². The van der Waals surface area contributed by atoms with E-state index in [2.05, 4.69) is 5.32 Å². The van der Waals surface area contributed by atoms with Crippen LogP contribution < -0.4 is 10.4 Å². The van der Waals surface area contributed by atoms with Crippen LogP contribution in [0.5, 0.6) is 0 Å². The van der Waals surface area contributed by atoms with Crippen molar-refractivity contribution in [2.24, 2.45) is 0 Å². The second-order valence-electron chi connectivity index (χ2n) is 7.00. The molecule has 12 heteroatoms. The number of aliphatic hydroxyl groups is 2. The molecular formula is C17H28NO10Y-. The van der Waals surface area contributed by atoms with Crippen LogP contribution in [0.3, 0.4) is 0 Å². The minimum atomic E-state index is -1.62. The van der Waals surface area contributed by atoms with Gasteiger partial charge < -0.3 is 49.1 Å². The number of aliphatic hydroxyl groups excluding tert-OH is 2. The normalized spacial score (nSPS) is 42.6. The van der Waals surface area contributed by atoms with Crippen LogP contribution in [0.25, 0.3) is 0 Å². The van der Waals surface area contributed by atoms with Crippen LogP contribution >= 0.6 is 0 Å². The van der Waals surface area contributed by atoms with Crippen LogP contribution in [-0.2, 0) is 66.0 Å². The Morgan fingerprint density at radius 2 is 1.55 bits per heavy atom. The van der Waals surface area contributed by atoms with Gasteiger partial charge in [-0.3, -0.25) is 4.79 Å². The molecule has 10 atom stereocenters. The number of methoxy groups -OCH3 is 2. The smallest absolute Gasteiger partial charge is 0.217 e. The van der Waals surface area contributed by atoms with Crippen molar-refractivity contribution in [1.82, 2.24) is 5.32 Å². The third-order valence-corrected chi connectivity index (χ3v) is 5.06. The molecule has 1 amide bonds. The Morgan fingerprint density at radius 1 is 0.966 bits per heavy atom. The van der Waals surface area contributed by atoms with Gasteiger partial charge in [0.05, 0.1) is 24.2 Å². The Hall–Kier alpha value is -0.236.